The highest BCUT2D eigenvalue weighted by Gasteiger charge is 2.74. The molecule has 6 atom stereocenters. The maximum absolute atomic E-state index is 13.8. The molecule has 1 aromatic rings. The highest BCUT2D eigenvalue weighted by Crippen LogP contribution is 2.66. The van der Waals surface area contributed by atoms with Crippen molar-refractivity contribution in [3.63, 3.8) is 0 Å². The van der Waals surface area contributed by atoms with Gasteiger partial charge in [0.2, 0.25) is 17.7 Å². The van der Waals surface area contributed by atoms with Gasteiger partial charge in [-0.05, 0) is 38.2 Å². The quantitative estimate of drug-likeness (QED) is 0.550. The van der Waals surface area contributed by atoms with Crippen LogP contribution in [0, 0.1) is 11.8 Å². The van der Waals surface area contributed by atoms with Crippen molar-refractivity contribution in [1.82, 2.24) is 15.5 Å². The van der Waals surface area contributed by atoms with E-state index in [1.54, 1.807) is 23.6 Å². The van der Waals surface area contributed by atoms with Gasteiger partial charge in [-0.2, -0.15) is 0 Å². The van der Waals surface area contributed by atoms with Crippen molar-refractivity contribution >= 4 is 29.5 Å². The Morgan fingerprint density at radius 3 is 2.59 bits per heavy atom. The standard InChI is InChI=1S/C26H35N3O4S/c1-16(15-30)29-22(24(32)28-18-10-6-3-7-11-18)26-13-12-19(34-26)20(21(26)25(29)33)23(31)27-14-17-8-4-2-5-9-17/h2,4-5,8-9,16,18-22,30H,3,6-7,10-15H2,1H3,(H,27,31)(H,28,32)/t16-,19+,20-,21+,22?,26?/m1/s1. The maximum atomic E-state index is 13.8. The van der Waals surface area contributed by atoms with E-state index in [-0.39, 0.29) is 35.6 Å². The number of carbonyl (C=O) groups is 3. The number of carbonyl (C=O) groups excluding carboxylic acids is 3. The summed E-state index contributed by atoms with van der Waals surface area (Å²) in [5.41, 5.74) is 1.01. The monoisotopic (exact) mass is 485 g/mol. The summed E-state index contributed by atoms with van der Waals surface area (Å²) in [6, 6.07) is 8.78. The second-order valence-electron chi connectivity index (χ2n) is 10.4. The van der Waals surface area contributed by atoms with Crippen LogP contribution in [0.3, 0.4) is 0 Å². The molecule has 1 spiro atoms. The average molecular weight is 486 g/mol. The summed E-state index contributed by atoms with van der Waals surface area (Å²) < 4.78 is -0.599. The Bertz CT molecular complexity index is 937. The number of thioether (sulfide) groups is 1. The van der Waals surface area contributed by atoms with Gasteiger partial charge in [-0.1, -0.05) is 49.6 Å². The minimum absolute atomic E-state index is 0.0429. The van der Waals surface area contributed by atoms with Crippen LogP contribution in [0.25, 0.3) is 0 Å². The van der Waals surface area contributed by atoms with E-state index in [1.807, 2.05) is 30.3 Å². The average Bonchev–Trinajstić information content (AvgIpc) is 3.50. The zero-order valence-corrected chi connectivity index (χ0v) is 20.6. The van der Waals surface area contributed by atoms with Crippen LogP contribution in [0.5, 0.6) is 0 Å². The number of hydrogen-bond acceptors (Lipinski definition) is 5. The van der Waals surface area contributed by atoms with Crippen molar-refractivity contribution in [3.8, 4) is 0 Å². The molecule has 3 saturated heterocycles. The molecular weight excluding hydrogens is 450 g/mol. The predicted octanol–water partition coefficient (Wildman–Crippen LogP) is 2.22. The fraction of sp³-hybridized carbons (Fsp3) is 0.654. The highest BCUT2D eigenvalue weighted by molar-refractivity contribution is 8.02. The number of fused-ring (bicyclic) bond motifs is 1. The minimum atomic E-state index is -0.643. The largest absolute Gasteiger partial charge is 0.394 e. The lowest BCUT2D eigenvalue weighted by Gasteiger charge is -2.37. The summed E-state index contributed by atoms with van der Waals surface area (Å²) in [4.78, 5) is 42.5. The van der Waals surface area contributed by atoms with Gasteiger partial charge in [0, 0.05) is 17.8 Å². The summed E-state index contributed by atoms with van der Waals surface area (Å²) in [7, 11) is 0. The first-order chi connectivity index (χ1) is 16.5. The molecule has 7 nitrogen and oxygen atoms in total. The lowest BCUT2D eigenvalue weighted by Crippen LogP contribution is -2.57. The van der Waals surface area contributed by atoms with E-state index in [2.05, 4.69) is 10.6 Å². The fourth-order valence-corrected chi connectivity index (χ4v) is 8.89. The zero-order chi connectivity index (χ0) is 23.9. The number of nitrogens with zero attached hydrogens (tertiary/aromatic N) is 1. The van der Waals surface area contributed by atoms with Gasteiger partial charge in [-0.25, -0.2) is 0 Å². The minimum Gasteiger partial charge on any atom is -0.394 e. The Morgan fingerprint density at radius 1 is 1.15 bits per heavy atom. The van der Waals surface area contributed by atoms with Gasteiger partial charge in [-0.3, -0.25) is 14.4 Å². The second-order valence-corrected chi connectivity index (χ2v) is 12.0. The number of likely N-dealkylation sites (tertiary alicyclic amines) is 1. The molecule has 0 aromatic heterocycles. The normalized spacial score (nSPS) is 33.6. The Kier molecular flexibility index (Phi) is 6.64. The van der Waals surface area contributed by atoms with Crippen molar-refractivity contribution < 1.29 is 19.5 Å². The van der Waals surface area contributed by atoms with E-state index in [1.165, 1.54) is 6.42 Å². The SMILES string of the molecule is C[C@H](CO)N1C(=O)[C@@H]2[C@H](C(=O)NCc3ccccc3)[C@@H]3CCC2(S3)C1C(=O)NC1CCCCC1. The summed E-state index contributed by atoms with van der Waals surface area (Å²) in [5.74, 6) is -1.34. The first-order valence-corrected chi connectivity index (χ1v) is 13.6. The number of benzene rings is 1. The van der Waals surface area contributed by atoms with Crippen LogP contribution in [0.4, 0.5) is 0 Å². The van der Waals surface area contributed by atoms with Crippen LogP contribution in [0.1, 0.15) is 57.4 Å². The number of hydrogen-bond donors (Lipinski definition) is 3. The van der Waals surface area contributed by atoms with Gasteiger partial charge in [0.15, 0.2) is 0 Å². The first-order valence-electron chi connectivity index (χ1n) is 12.7. The third kappa shape index (κ3) is 3.92. The molecule has 1 aliphatic carbocycles. The molecule has 3 N–H and O–H groups in total. The molecule has 8 heteroatoms. The van der Waals surface area contributed by atoms with Gasteiger partial charge in [0.25, 0.3) is 0 Å². The lowest BCUT2D eigenvalue weighted by molar-refractivity contribution is -0.142. The molecule has 2 unspecified atom stereocenters. The molecule has 1 aromatic carbocycles. The maximum Gasteiger partial charge on any atom is 0.244 e. The van der Waals surface area contributed by atoms with Gasteiger partial charge >= 0.3 is 0 Å². The Morgan fingerprint density at radius 2 is 1.88 bits per heavy atom. The number of aliphatic hydroxyl groups is 1. The second kappa shape index (κ2) is 9.53. The van der Waals surface area contributed by atoms with Crippen LogP contribution in [0.15, 0.2) is 30.3 Å². The molecule has 3 amide bonds. The summed E-state index contributed by atoms with van der Waals surface area (Å²) in [6.45, 7) is 2.00. The highest BCUT2D eigenvalue weighted by atomic mass is 32.2. The molecular formula is C26H35N3O4S. The molecule has 4 fully saturated rings. The number of nitrogens with one attached hydrogen (secondary N) is 2. The predicted molar refractivity (Wildman–Crippen MR) is 131 cm³/mol. The molecule has 184 valence electrons. The van der Waals surface area contributed by atoms with Gasteiger partial charge in [0.1, 0.15) is 6.04 Å². The van der Waals surface area contributed by atoms with Crippen LogP contribution in [-0.2, 0) is 20.9 Å². The molecule has 1 saturated carbocycles. The van der Waals surface area contributed by atoms with Gasteiger partial charge < -0.3 is 20.6 Å². The number of aliphatic hydroxyl groups excluding tert-OH is 1. The van der Waals surface area contributed by atoms with E-state index in [9.17, 15) is 19.5 Å². The van der Waals surface area contributed by atoms with Crippen LogP contribution in [0.2, 0.25) is 0 Å². The smallest absolute Gasteiger partial charge is 0.244 e. The molecule has 3 aliphatic heterocycles. The third-order valence-electron chi connectivity index (χ3n) is 8.29. The Labute approximate surface area is 205 Å². The molecule has 2 bridgehead atoms. The molecule has 3 heterocycles. The lowest BCUT2D eigenvalue weighted by atomic mass is 9.70. The molecule has 5 rings (SSSR count). The van der Waals surface area contributed by atoms with E-state index < -0.39 is 28.7 Å². The van der Waals surface area contributed by atoms with E-state index >= 15 is 0 Å². The van der Waals surface area contributed by atoms with Crippen LogP contribution >= 0.6 is 11.8 Å². The van der Waals surface area contributed by atoms with Crippen molar-refractivity contribution in [1.29, 1.82) is 0 Å². The topological polar surface area (TPSA) is 98.7 Å². The first kappa shape index (κ1) is 23.7. The fourth-order valence-electron chi connectivity index (χ4n) is 6.68. The van der Waals surface area contributed by atoms with E-state index in [0.717, 1.165) is 44.1 Å². The van der Waals surface area contributed by atoms with Gasteiger partial charge in [0.05, 0.1) is 29.2 Å². The Balaban J connectivity index is 1.40. The van der Waals surface area contributed by atoms with Gasteiger partial charge in [-0.15, -0.1) is 11.8 Å². The summed E-state index contributed by atoms with van der Waals surface area (Å²) >= 11 is 1.68. The molecule has 34 heavy (non-hydrogen) atoms. The summed E-state index contributed by atoms with van der Waals surface area (Å²) in [5, 5.41) is 16.3. The third-order valence-corrected chi connectivity index (χ3v) is 10.2. The zero-order valence-electron chi connectivity index (χ0n) is 19.7. The van der Waals surface area contributed by atoms with Crippen LogP contribution in [-0.4, -0.2) is 62.5 Å². The number of rotatable bonds is 7. The van der Waals surface area contributed by atoms with Crippen LogP contribution < -0.4 is 10.6 Å². The number of amides is 3. The molecule has 4 aliphatic rings. The van der Waals surface area contributed by atoms with Crippen molar-refractivity contribution in [2.45, 2.75) is 86.5 Å². The Hall–Kier alpha value is -2.06. The summed E-state index contributed by atoms with van der Waals surface area (Å²) in [6.07, 6.45) is 6.94. The van der Waals surface area contributed by atoms with E-state index in [0.29, 0.717) is 6.54 Å². The molecule has 0 radical (unpaired) electrons. The van der Waals surface area contributed by atoms with Crippen molar-refractivity contribution in [3.05, 3.63) is 35.9 Å². The van der Waals surface area contributed by atoms with Crippen molar-refractivity contribution in [2.75, 3.05) is 6.61 Å². The van der Waals surface area contributed by atoms with E-state index in [4.69, 9.17) is 0 Å². The van der Waals surface area contributed by atoms with Crippen molar-refractivity contribution in [2.24, 2.45) is 11.8 Å².